The molecular weight excluding hydrogens is 358 g/mol. The first-order valence-electron chi connectivity index (χ1n) is 8.13. The van der Waals surface area contributed by atoms with Crippen LogP contribution < -0.4 is 19.5 Å². The van der Waals surface area contributed by atoms with Crippen molar-refractivity contribution >= 4 is 34.2 Å². The molecule has 0 aliphatic carbocycles. The summed E-state index contributed by atoms with van der Waals surface area (Å²) in [4.78, 5) is 12.7. The third-order valence-corrected chi connectivity index (χ3v) is 4.45. The van der Waals surface area contributed by atoms with E-state index < -0.39 is 5.91 Å². The molecule has 0 unspecified atom stereocenters. The van der Waals surface area contributed by atoms with Crippen LogP contribution in [0.25, 0.3) is 11.0 Å². The van der Waals surface area contributed by atoms with Gasteiger partial charge >= 0.3 is 0 Å². The molecular formula is C19H16ClNO5. The molecule has 2 heterocycles. The largest absolute Gasteiger partial charge is 0.494 e. The fourth-order valence-electron chi connectivity index (χ4n) is 2.87. The summed E-state index contributed by atoms with van der Waals surface area (Å²) in [6, 6.07) is 8.71. The number of hydrogen-bond acceptors (Lipinski definition) is 5. The Balaban J connectivity index is 1.65. The van der Waals surface area contributed by atoms with Crippen LogP contribution in [0.15, 0.2) is 34.7 Å². The first-order valence-corrected chi connectivity index (χ1v) is 8.51. The average molecular weight is 374 g/mol. The average Bonchev–Trinajstić information content (AvgIpc) is 3.20. The molecule has 0 saturated heterocycles. The highest BCUT2D eigenvalue weighted by Gasteiger charge is 2.22. The summed E-state index contributed by atoms with van der Waals surface area (Å²) in [6.45, 7) is 4.45. The first kappa shape index (κ1) is 16.6. The van der Waals surface area contributed by atoms with Gasteiger partial charge in [-0.25, -0.2) is 0 Å². The lowest BCUT2D eigenvalue weighted by molar-refractivity contribution is 0.0998. The molecule has 0 radical (unpaired) electrons. The van der Waals surface area contributed by atoms with E-state index in [-0.39, 0.29) is 12.6 Å². The molecule has 0 saturated carbocycles. The van der Waals surface area contributed by atoms with E-state index in [0.717, 1.165) is 16.7 Å². The molecule has 1 aromatic heterocycles. The molecule has 134 valence electrons. The van der Waals surface area contributed by atoms with E-state index in [9.17, 15) is 4.79 Å². The maximum absolute atomic E-state index is 12.7. The fourth-order valence-corrected chi connectivity index (χ4v) is 3.07. The second-order valence-corrected chi connectivity index (χ2v) is 6.19. The van der Waals surface area contributed by atoms with Gasteiger partial charge < -0.3 is 23.9 Å². The normalized spacial score (nSPS) is 12.4. The third kappa shape index (κ3) is 2.82. The van der Waals surface area contributed by atoms with E-state index in [1.165, 1.54) is 0 Å². The summed E-state index contributed by atoms with van der Waals surface area (Å²) < 4.78 is 21.8. The number of ether oxygens (including phenoxy) is 3. The van der Waals surface area contributed by atoms with Gasteiger partial charge in [-0.1, -0.05) is 11.6 Å². The zero-order valence-electron chi connectivity index (χ0n) is 14.2. The van der Waals surface area contributed by atoms with Gasteiger partial charge in [0, 0.05) is 23.1 Å². The predicted molar refractivity (Wildman–Crippen MR) is 97.6 cm³/mol. The van der Waals surface area contributed by atoms with Crippen molar-refractivity contribution in [1.82, 2.24) is 0 Å². The van der Waals surface area contributed by atoms with Crippen LogP contribution in [0.3, 0.4) is 0 Å². The minimum atomic E-state index is -0.391. The SMILES string of the molecule is CCOc1ccc2oc(C(=O)Nc3cc4c(cc3Cl)OCO4)c(C)c2c1. The van der Waals surface area contributed by atoms with Gasteiger partial charge in [-0.2, -0.15) is 0 Å². The zero-order valence-corrected chi connectivity index (χ0v) is 15.0. The molecule has 0 spiro atoms. The van der Waals surface area contributed by atoms with Gasteiger partial charge in [0.15, 0.2) is 17.3 Å². The standard InChI is InChI=1S/C19H16ClNO5/c1-3-23-11-4-5-15-12(6-11)10(2)18(26-15)19(22)21-14-8-17-16(7-13(14)20)24-9-25-17/h4-8H,3,9H2,1-2H3,(H,21,22). The number of fused-ring (bicyclic) bond motifs is 2. The summed E-state index contributed by atoms with van der Waals surface area (Å²) in [5, 5.41) is 3.95. The summed E-state index contributed by atoms with van der Waals surface area (Å²) in [5.74, 6) is 1.65. The molecule has 1 N–H and O–H groups in total. The predicted octanol–water partition coefficient (Wildman–Crippen LogP) is 4.77. The third-order valence-electron chi connectivity index (χ3n) is 4.14. The fraction of sp³-hybridized carbons (Fsp3) is 0.211. The van der Waals surface area contributed by atoms with E-state index >= 15 is 0 Å². The maximum Gasteiger partial charge on any atom is 0.291 e. The molecule has 3 aromatic rings. The van der Waals surface area contributed by atoms with Gasteiger partial charge in [0.1, 0.15) is 11.3 Å². The molecule has 1 aliphatic heterocycles. The highest BCUT2D eigenvalue weighted by atomic mass is 35.5. The number of carbonyl (C=O) groups is 1. The molecule has 0 atom stereocenters. The van der Waals surface area contributed by atoms with Crippen LogP contribution in [-0.2, 0) is 0 Å². The summed E-state index contributed by atoms with van der Waals surface area (Å²) >= 11 is 6.22. The van der Waals surface area contributed by atoms with Crippen molar-refractivity contribution in [2.24, 2.45) is 0 Å². The van der Waals surface area contributed by atoms with Gasteiger partial charge in [-0.3, -0.25) is 4.79 Å². The Bertz CT molecular complexity index is 1010. The lowest BCUT2D eigenvalue weighted by Crippen LogP contribution is -2.12. The molecule has 1 aliphatic rings. The highest BCUT2D eigenvalue weighted by molar-refractivity contribution is 6.34. The summed E-state index contributed by atoms with van der Waals surface area (Å²) in [6.07, 6.45) is 0. The van der Waals surface area contributed by atoms with E-state index in [2.05, 4.69) is 5.32 Å². The van der Waals surface area contributed by atoms with Crippen molar-refractivity contribution in [1.29, 1.82) is 0 Å². The second kappa shape index (κ2) is 6.46. The van der Waals surface area contributed by atoms with Crippen molar-refractivity contribution in [3.05, 3.63) is 46.7 Å². The van der Waals surface area contributed by atoms with Crippen molar-refractivity contribution in [2.75, 3.05) is 18.7 Å². The molecule has 2 aromatic carbocycles. The van der Waals surface area contributed by atoms with Crippen LogP contribution in [0.2, 0.25) is 5.02 Å². The van der Waals surface area contributed by atoms with Crippen LogP contribution in [0, 0.1) is 6.92 Å². The topological polar surface area (TPSA) is 69.9 Å². The van der Waals surface area contributed by atoms with E-state index in [0.29, 0.717) is 34.4 Å². The molecule has 6 nitrogen and oxygen atoms in total. The molecule has 7 heteroatoms. The number of furan rings is 1. The molecule has 0 fully saturated rings. The number of nitrogens with one attached hydrogen (secondary N) is 1. The number of halogens is 1. The minimum Gasteiger partial charge on any atom is -0.494 e. The van der Waals surface area contributed by atoms with Gasteiger partial charge in [0.25, 0.3) is 5.91 Å². The zero-order chi connectivity index (χ0) is 18.3. The van der Waals surface area contributed by atoms with Crippen LogP contribution in [0.1, 0.15) is 23.0 Å². The summed E-state index contributed by atoms with van der Waals surface area (Å²) in [7, 11) is 0. The van der Waals surface area contributed by atoms with Crippen molar-refractivity contribution in [3.8, 4) is 17.2 Å². The Labute approximate surface area is 154 Å². The molecule has 0 bridgehead atoms. The highest BCUT2D eigenvalue weighted by Crippen LogP contribution is 2.39. The number of rotatable bonds is 4. The van der Waals surface area contributed by atoms with Crippen LogP contribution in [0.4, 0.5) is 5.69 Å². The Morgan fingerprint density at radius 1 is 1.23 bits per heavy atom. The van der Waals surface area contributed by atoms with Crippen molar-refractivity contribution in [3.63, 3.8) is 0 Å². The number of amides is 1. The monoisotopic (exact) mass is 373 g/mol. The van der Waals surface area contributed by atoms with Gasteiger partial charge in [0.05, 0.1) is 17.3 Å². The van der Waals surface area contributed by atoms with Crippen molar-refractivity contribution in [2.45, 2.75) is 13.8 Å². The first-order chi connectivity index (χ1) is 12.6. The second-order valence-electron chi connectivity index (χ2n) is 5.79. The van der Waals surface area contributed by atoms with E-state index in [1.807, 2.05) is 26.0 Å². The number of anilines is 1. The smallest absolute Gasteiger partial charge is 0.291 e. The minimum absolute atomic E-state index is 0.133. The number of aryl methyl sites for hydroxylation is 1. The Morgan fingerprint density at radius 3 is 2.77 bits per heavy atom. The number of benzene rings is 2. The maximum atomic E-state index is 12.7. The Morgan fingerprint density at radius 2 is 2.00 bits per heavy atom. The van der Waals surface area contributed by atoms with E-state index in [4.69, 9.17) is 30.2 Å². The van der Waals surface area contributed by atoms with Gasteiger partial charge in [-0.05, 0) is 32.0 Å². The quantitative estimate of drug-likeness (QED) is 0.713. The number of hydrogen-bond donors (Lipinski definition) is 1. The molecule has 26 heavy (non-hydrogen) atoms. The summed E-state index contributed by atoms with van der Waals surface area (Å²) in [5.41, 5.74) is 1.78. The molecule has 1 amide bonds. The molecule has 4 rings (SSSR count). The van der Waals surface area contributed by atoms with Crippen LogP contribution in [0.5, 0.6) is 17.2 Å². The van der Waals surface area contributed by atoms with Crippen LogP contribution >= 0.6 is 11.6 Å². The van der Waals surface area contributed by atoms with Crippen molar-refractivity contribution < 1.29 is 23.4 Å². The lowest BCUT2D eigenvalue weighted by Gasteiger charge is -2.07. The lowest BCUT2D eigenvalue weighted by atomic mass is 10.1. The van der Waals surface area contributed by atoms with Gasteiger partial charge in [-0.15, -0.1) is 0 Å². The Kier molecular flexibility index (Phi) is 4.12. The number of carbonyl (C=O) groups excluding carboxylic acids is 1. The van der Waals surface area contributed by atoms with Crippen LogP contribution in [-0.4, -0.2) is 19.3 Å². The Hall–Kier alpha value is -2.86. The van der Waals surface area contributed by atoms with E-state index in [1.54, 1.807) is 18.2 Å². The van der Waals surface area contributed by atoms with Gasteiger partial charge in [0.2, 0.25) is 6.79 Å².